The summed E-state index contributed by atoms with van der Waals surface area (Å²) in [6.45, 7) is 1.83. The molecule has 0 atom stereocenters. The standard InChI is InChI=1S/C15H10N2O2.C12H14O9S.C8H12N2O2.C6H12O4.C4H10O2.C2H6O2/c18-11-16-15(17-12-19,13-7-3-1-4-8-13)14-9-5-2-6-10-14;13-1-3-20-11(15)8-5-9(12(16)21-4-2-14)7-10(6-8)22(17,18)19;11-7-9-5-3-1-2-4-6-10-8-12;1-2-6(3-7,4-8)5(9)10;1-2-3-4(5)6;3-1-2-4/h1-10H;5-7,13-14H,1-4H2,(H,17,18,19);1-6H2;7-8H,2-4H2,1H3,(H,9,10);4-6H,2-3H2,1H3;3-4H,1-2H2. The lowest BCUT2D eigenvalue weighted by molar-refractivity contribution is -0.154. The van der Waals surface area contributed by atoms with Crippen LogP contribution < -0.4 is 0 Å². The summed E-state index contributed by atoms with van der Waals surface area (Å²) in [5, 5.41) is 74.3. The van der Waals surface area contributed by atoms with E-state index in [2.05, 4.69) is 29.4 Å². The van der Waals surface area contributed by atoms with Gasteiger partial charge in [0.15, 0.2) is 6.29 Å². The van der Waals surface area contributed by atoms with Crippen LogP contribution in [0.2, 0.25) is 0 Å². The molecule has 10 N–H and O–H groups in total. The molecular weight excluding hydrogens is 989 g/mol. The highest BCUT2D eigenvalue weighted by molar-refractivity contribution is 7.85. The molecule has 73 heavy (non-hydrogen) atoms. The number of unbranched alkanes of at least 4 members (excludes halogenated alkanes) is 3. The molecular formula is C47H64N4O21S. The van der Waals surface area contributed by atoms with E-state index >= 15 is 0 Å². The Balaban J connectivity index is -0.000000870. The van der Waals surface area contributed by atoms with Crippen LogP contribution in [-0.4, -0.2) is 173 Å². The van der Waals surface area contributed by atoms with Crippen molar-refractivity contribution in [2.45, 2.75) is 75.6 Å². The van der Waals surface area contributed by atoms with Crippen molar-refractivity contribution in [3.8, 4) is 0 Å². The number of carboxylic acid groups (broad SMARTS) is 1. The van der Waals surface area contributed by atoms with Crippen LogP contribution >= 0.6 is 0 Å². The number of isocyanates is 4. The lowest BCUT2D eigenvalue weighted by atomic mass is 9.87. The summed E-state index contributed by atoms with van der Waals surface area (Å²) in [5.41, 5.74) is -2.19. The van der Waals surface area contributed by atoms with Gasteiger partial charge >= 0.3 is 17.9 Å². The average molecular weight is 1050 g/mol. The highest BCUT2D eigenvalue weighted by atomic mass is 32.2. The molecule has 0 saturated heterocycles. The van der Waals surface area contributed by atoms with Crippen LogP contribution in [0, 0.1) is 5.41 Å². The van der Waals surface area contributed by atoms with Gasteiger partial charge in [0, 0.05) is 11.1 Å². The van der Waals surface area contributed by atoms with Crippen LogP contribution in [0.4, 0.5) is 0 Å². The molecule has 0 saturated carbocycles. The SMILES string of the molecule is CCC(CO)(CO)C(=O)O.CCCC(O)O.O=C(OCCO)c1cc(C(=O)OCCO)cc(S(=O)(=O)O)c1.O=C=NC(N=C=O)(c1ccccc1)c1ccccc1.O=C=NCCCCCCN=C=O.OCCO. The van der Waals surface area contributed by atoms with E-state index in [0.29, 0.717) is 30.6 Å². The van der Waals surface area contributed by atoms with E-state index in [1.807, 2.05) is 19.1 Å². The molecule has 0 aliphatic heterocycles. The molecule has 0 aliphatic rings. The second kappa shape index (κ2) is 43.9. The lowest BCUT2D eigenvalue weighted by Crippen LogP contribution is -2.37. The molecule has 0 bridgehead atoms. The third-order valence-corrected chi connectivity index (χ3v) is 9.73. The van der Waals surface area contributed by atoms with Crippen LogP contribution in [0.3, 0.4) is 0 Å². The first-order valence-electron chi connectivity index (χ1n) is 21.9. The monoisotopic (exact) mass is 1050 g/mol. The maximum Gasteiger partial charge on any atom is 0.338 e. The van der Waals surface area contributed by atoms with Gasteiger partial charge in [-0.15, -0.1) is 0 Å². The molecule has 0 radical (unpaired) electrons. The summed E-state index contributed by atoms with van der Waals surface area (Å²) in [6, 6.07) is 20.4. The number of nitrogens with zero attached hydrogens (tertiary/aromatic N) is 4. The number of ether oxygens (including phenoxy) is 2. The number of carbonyl (C=O) groups is 3. The number of aliphatic imine (C=N–C) groups is 4. The molecule has 0 spiro atoms. The third kappa shape index (κ3) is 31.3. The zero-order valence-corrected chi connectivity index (χ0v) is 41.1. The minimum Gasteiger partial charge on any atom is -0.481 e. The van der Waals surface area contributed by atoms with Gasteiger partial charge in [-0.25, -0.2) is 38.8 Å². The molecule has 0 unspecified atom stereocenters. The maximum atomic E-state index is 11.7. The third-order valence-electron chi connectivity index (χ3n) is 8.89. The van der Waals surface area contributed by atoms with Gasteiger partial charge in [0.05, 0.1) is 68.8 Å². The van der Waals surface area contributed by atoms with Crippen molar-refractivity contribution in [1.82, 2.24) is 0 Å². The molecule has 0 amide bonds. The highest BCUT2D eigenvalue weighted by Crippen LogP contribution is 2.34. The molecule has 3 aromatic carbocycles. The van der Waals surface area contributed by atoms with Crippen LogP contribution in [0.15, 0.2) is 104 Å². The molecule has 25 nitrogen and oxygen atoms in total. The number of esters is 2. The minimum atomic E-state index is -4.67. The summed E-state index contributed by atoms with van der Waals surface area (Å²) in [4.78, 5) is 88.2. The summed E-state index contributed by atoms with van der Waals surface area (Å²) in [5.74, 6) is -3.13. The van der Waals surface area contributed by atoms with Gasteiger partial charge in [0.25, 0.3) is 10.1 Å². The van der Waals surface area contributed by atoms with Crippen molar-refractivity contribution in [2.75, 3.05) is 65.9 Å². The highest BCUT2D eigenvalue weighted by Gasteiger charge is 2.35. The number of benzene rings is 3. The molecule has 3 aromatic rings. The Morgan fingerprint density at radius 2 is 1.01 bits per heavy atom. The van der Waals surface area contributed by atoms with Gasteiger partial charge in [-0.1, -0.05) is 93.8 Å². The first-order valence-corrected chi connectivity index (χ1v) is 23.4. The number of carbonyl (C=O) groups excluding carboxylic acids is 6. The average Bonchev–Trinajstić information content (AvgIpc) is 3.39. The Morgan fingerprint density at radius 3 is 1.25 bits per heavy atom. The van der Waals surface area contributed by atoms with E-state index in [0.717, 1.165) is 50.3 Å². The molecule has 0 fully saturated rings. The van der Waals surface area contributed by atoms with Crippen molar-refractivity contribution in [2.24, 2.45) is 25.4 Å². The quantitative estimate of drug-likeness (QED) is 0.0144. The Labute approximate surface area is 421 Å². The minimum absolute atomic E-state index is 0.125. The topological polar surface area (TPSA) is 424 Å². The second-order valence-electron chi connectivity index (χ2n) is 14.1. The zero-order chi connectivity index (χ0) is 56.0. The van der Waals surface area contributed by atoms with Gasteiger partial charge in [-0.3, -0.25) is 9.35 Å². The van der Waals surface area contributed by atoms with Gasteiger partial charge in [-0.2, -0.15) is 18.4 Å². The van der Waals surface area contributed by atoms with E-state index in [1.54, 1.807) is 55.5 Å². The molecule has 0 aromatic heterocycles. The van der Waals surface area contributed by atoms with Crippen molar-refractivity contribution in [1.29, 1.82) is 0 Å². The molecule has 0 aliphatic carbocycles. The predicted molar refractivity (Wildman–Crippen MR) is 257 cm³/mol. The van der Waals surface area contributed by atoms with Gasteiger partial charge in [0.2, 0.25) is 30.0 Å². The first-order chi connectivity index (χ1) is 34.8. The van der Waals surface area contributed by atoms with Crippen molar-refractivity contribution >= 4 is 52.3 Å². The van der Waals surface area contributed by atoms with E-state index in [-0.39, 0.29) is 44.0 Å². The number of rotatable bonds is 25. The Kier molecular flexibility index (Phi) is 42.4. The van der Waals surface area contributed by atoms with Crippen LogP contribution in [0.5, 0.6) is 0 Å². The van der Waals surface area contributed by atoms with Crippen molar-refractivity contribution < 1.29 is 102 Å². The Hall–Kier alpha value is -6.82. The predicted octanol–water partition coefficient (Wildman–Crippen LogP) is 1.53. The summed E-state index contributed by atoms with van der Waals surface area (Å²) in [7, 11) is -4.67. The van der Waals surface area contributed by atoms with E-state index in [9.17, 15) is 42.0 Å². The first kappa shape index (κ1) is 70.4. The number of carboxylic acids is 1. The van der Waals surface area contributed by atoms with E-state index in [4.69, 9.17) is 50.5 Å². The fourth-order valence-corrected chi connectivity index (χ4v) is 5.55. The second-order valence-corrected chi connectivity index (χ2v) is 15.5. The van der Waals surface area contributed by atoms with Crippen LogP contribution in [-0.2, 0) is 49.2 Å². The molecule has 404 valence electrons. The molecule has 3 rings (SSSR count). The number of aliphatic carboxylic acids is 1. The van der Waals surface area contributed by atoms with Crippen LogP contribution in [0.25, 0.3) is 0 Å². The number of aliphatic hydroxyl groups is 8. The van der Waals surface area contributed by atoms with Gasteiger partial charge < -0.3 is 55.4 Å². The normalized spacial score (nSPS) is 10.1. The fraction of sp³-hybridized carbons (Fsp3) is 0.468. The summed E-state index contributed by atoms with van der Waals surface area (Å²) < 4.78 is 40.6. The summed E-state index contributed by atoms with van der Waals surface area (Å²) >= 11 is 0. The Morgan fingerprint density at radius 1 is 0.616 bits per heavy atom. The summed E-state index contributed by atoms with van der Waals surface area (Å²) in [6.07, 6.45) is 10.2. The number of hydrogen-bond acceptors (Lipinski definition) is 23. The van der Waals surface area contributed by atoms with Crippen molar-refractivity contribution in [3.63, 3.8) is 0 Å². The molecule has 0 heterocycles. The zero-order valence-electron chi connectivity index (χ0n) is 40.3. The lowest BCUT2D eigenvalue weighted by Gasteiger charge is -2.22. The van der Waals surface area contributed by atoms with Crippen molar-refractivity contribution in [3.05, 3.63) is 101 Å². The van der Waals surface area contributed by atoms with Gasteiger partial charge in [-0.05, 0) is 43.9 Å². The fourth-order valence-electron chi connectivity index (χ4n) is 4.99. The maximum absolute atomic E-state index is 11.7. The Bertz CT molecular complexity index is 2160. The van der Waals surface area contributed by atoms with E-state index < -0.39 is 76.7 Å². The van der Waals surface area contributed by atoms with Crippen LogP contribution in [0.1, 0.15) is 90.6 Å². The van der Waals surface area contributed by atoms with Gasteiger partial charge in [0.1, 0.15) is 18.6 Å². The smallest absolute Gasteiger partial charge is 0.338 e. The number of hydrogen-bond donors (Lipinski definition) is 10. The molecule has 26 heteroatoms. The number of aliphatic hydroxyl groups excluding tert-OH is 7. The van der Waals surface area contributed by atoms with E-state index in [1.165, 1.54) is 24.3 Å². The largest absolute Gasteiger partial charge is 0.481 e.